The van der Waals surface area contributed by atoms with Gasteiger partial charge in [0.1, 0.15) is 5.75 Å². The van der Waals surface area contributed by atoms with Gasteiger partial charge < -0.3 is 9.64 Å². The summed E-state index contributed by atoms with van der Waals surface area (Å²) >= 11 is 0. The van der Waals surface area contributed by atoms with Crippen molar-refractivity contribution in [2.24, 2.45) is 0 Å². The summed E-state index contributed by atoms with van der Waals surface area (Å²) in [5.41, 5.74) is 1.86. The van der Waals surface area contributed by atoms with Gasteiger partial charge in [-0.15, -0.1) is 0 Å². The maximum absolute atomic E-state index is 12.5. The third kappa shape index (κ3) is 6.65. The van der Waals surface area contributed by atoms with Crippen molar-refractivity contribution in [3.05, 3.63) is 59.9 Å². The van der Waals surface area contributed by atoms with Crippen LogP contribution in [0.2, 0.25) is 0 Å². The molecule has 1 aromatic heterocycles. The van der Waals surface area contributed by atoms with E-state index in [0.29, 0.717) is 18.7 Å². The molecule has 0 N–H and O–H groups in total. The summed E-state index contributed by atoms with van der Waals surface area (Å²) in [6.45, 7) is 0.438. The molecule has 8 heteroatoms. The molecule has 1 aromatic carbocycles. The first-order valence-electron chi connectivity index (χ1n) is 8.50. The number of carbonyl (C=O) groups excluding carboxylic acids is 1. The molecule has 0 aliphatic heterocycles. The van der Waals surface area contributed by atoms with E-state index in [4.69, 9.17) is 4.74 Å². The van der Waals surface area contributed by atoms with E-state index >= 15 is 0 Å². The zero-order valence-corrected chi connectivity index (χ0v) is 16.6. The standard InChI is InChI=1S/C19H25N3O4S/c1-21(13-10-16-8-11-20-12-9-16)19(23)15-22(27(3,24)25)14-17-4-6-18(26-2)7-5-17/h4-9,11-12H,10,13-15H2,1-3H3. The molecule has 0 unspecified atom stereocenters. The Hall–Kier alpha value is -2.45. The van der Waals surface area contributed by atoms with Gasteiger partial charge in [0.15, 0.2) is 0 Å². The minimum atomic E-state index is -3.53. The molecule has 7 nitrogen and oxygen atoms in total. The van der Waals surface area contributed by atoms with Crippen LogP contribution in [-0.4, -0.2) is 62.0 Å². The van der Waals surface area contributed by atoms with E-state index in [9.17, 15) is 13.2 Å². The van der Waals surface area contributed by atoms with E-state index in [1.807, 2.05) is 12.1 Å². The summed E-state index contributed by atoms with van der Waals surface area (Å²) in [5, 5.41) is 0. The highest BCUT2D eigenvalue weighted by Gasteiger charge is 2.22. The number of amides is 1. The van der Waals surface area contributed by atoms with Crippen LogP contribution in [0.25, 0.3) is 0 Å². The zero-order chi connectivity index (χ0) is 19.9. The highest BCUT2D eigenvalue weighted by Crippen LogP contribution is 2.14. The number of methoxy groups -OCH3 is 1. The van der Waals surface area contributed by atoms with Crippen LogP contribution in [0.1, 0.15) is 11.1 Å². The highest BCUT2D eigenvalue weighted by atomic mass is 32.2. The fraction of sp³-hybridized carbons (Fsp3) is 0.368. The summed E-state index contributed by atoms with van der Waals surface area (Å²) in [5.74, 6) is 0.444. The molecule has 0 aliphatic carbocycles. The lowest BCUT2D eigenvalue weighted by molar-refractivity contribution is -0.130. The number of likely N-dealkylation sites (N-methyl/N-ethyl adjacent to an activating group) is 1. The van der Waals surface area contributed by atoms with E-state index < -0.39 is 10.0 Å². The van der Waals surface area contributed by atoms with Crippen molar-refractivity contribution in [2.75, 3.05) is 33.5 Å². The minimum Gasteiger partial charge on any atom is -0.497 e. The first-order valence-corrected chi connectivity index (χ1v) is 10.4. The van der Waals surface area contributed by atoms with E-state index in [1.54, 1.807) is 55.7 Å². The number of hydrogen-bond donors (Lipinski definition) is 0. The topological polar surface area (TPSA) is 79.8 Å². The Balaban J connectivity index is 1.98. The number of benzene rings is 1. The van der Waals surface area contributed by atoms with Gasteiger partial charge in [0.05, 0.1) is 19.9 Å². The number of carbonyl (C=O) groups is 1. The molecule has 1 heterocycles. The molecule has 0 aliphatic rings. The Kier molecular flexibility index (Phi) is 7.32. The monoisotopic (exact) mass is 391 g/mol. The predicted molar refractivity (Wildman–Crippen MR) is 104 cm³/mol. The SMILES string of the molecule is COc1ccc(CN(CC(=O)N(C)CCc2ccncc2)S(C)(=O)=O)cc1. The van der Waals surface area contributed by atoms with Crippen LogP contribution in [0.3, 0.4) is 0 Å². The molecule has 0 radical (unpaired) electrons. The lowest BCUT2D eigenvalue weighted by Crippen LogP contribution is -2.41. The van der Waals surface area contributed by atoms with Crippen LogP contribution < -0.4 is 4.74 Å². The fourth-order valence-electron chi connectivity index (χ4n) is 2.47. The van der Waals surface area contributed by atoms with Crippen LogP contribution in [-0.2, 0) is 27.8 Å². The van der Waals surface area contributed by atoms with Gasteiger partial charge >= 0.3 is 0 Å². The van der Waals surface area contributed by atoms with E-state index in [-0.39, 0.29) is 19.0 Å². The van der Waals surface area contributed by atoms with Gasteiger partial charge in [-0.1, -0.05) is 12.1 Å². The van der Waals surface area contributed by atoms with Crippen molar-refractivity contribution < 1.29 is 17.9 Å². The molecular formula is C19H25N3O4S. The van der Waals surface area contributed by atoms with Crippen molar-refractivity contribution in [1.29, 1.82) is 0 Å². The lowest BCUT2D eigenvalue weighted by Gasteiger charge is -2.23. The van der Waals surface area contributed by atoms with Crippen LogP contribution >= 0.6 is 0 Å². The van der Waals surface area contributed by atoms with E-state index in [1.165, 1.54) is 4.31 Å². The molecule has 0 atom stereocenters. The summed E-state index contributed by atoms with van der Waals surface area (Å²) in [6, 6.07) is 10.9. The predicted octanol–water partition coefficient (Wildman–Crippen LogP) is 1.55. The normalized spacial score (nSPS) is 11.4. The third-order valence-electron chi connectivity index (χ3n) is 4.21. The van der Waals surface area contributed by atoms with Crippen LogP contribution in [0.5, 0.6) is 5.75 Å². The average Bonchev–Trinajstić information content (AvgIpc) is 2.66. The number of nitrogens with zero attached hydrogens (tertiary/aromatic N) is 3. The van der Waals surface area contributed by atoms with E-state index in [2.05, 4.69) is 4.98 Å². The highest BCUT2D eigenvalue weighted by molar-refractivity contribution is 7.88. The molecular weight excluding hydrogens is 366 g/mol. The Morgan fingerprint density at radius 3 is 2.26 bits per heavy atom. The molecule has 0 bridgehead atoms. The van der Waals surface area contributed by atoms with Gasteiger partial charge in [0.2, 0.25) is 15.9 Å². The van der Waals surface area contributed by atoms with Gasteiger partial charge in [-0.25, -0.2) is 8.42 Å². The molecule has 27 heavy (non-hydrogen) atoms. The van der Waals surface area contributed by atoms with Crippen molar-refractivity contribution in [3.63, 3.8) is 0 Å². The van der Waals surface area contributed by atoms with Gasteiger partial charge in [-0.3, -0.25) is 9.78 Å². The molecule has 1 amide bonds. The summed E-state index contributed by atoms with van der Waals surface area (Å²) in [7, 11) is -0.282. The van der Waals surface area contributed by atoms with Gasteiger partial charge in [0.25, 0.3) is 0 Å². The smallest absolute Gasteiger partial charge is 0.237 e. The van der Waals surface area contributed by atoms with Gasteiger partial charge in [-0.05, 0) is 41.8 Å². The summed E-state index contributed by atoms with van der Waals surface area (Å²) < 4.78 is 30.5. The number of pyridine rings is 1. The zero-order valence-electron chi connectivity index (χ0n) is 15.8. The first-order chi connectivity index (χ1) is 12.8. The number of ether oxygens (including phenoxy) is 1. The molecule has 0 saturated heterocycles. The Morgan fingerprint density at radius 2 is 1.70 bits per heavy atom. The molecule has 0 spiro atoms. The number of sulfonamides is 1. The third-order valence-corrected chi connectivity index (χ3v) is 5.41. The Labute approximate surface area is 160 Å². The summed E-state index contributed by atoms with van der Waals surface area (Å²) in [6.07, 6.45) is 5.21. The molecule has 0 fully saturated rings. The molecule has 2 rings (SSSR count). The van der Waals surface area contributed by atoms with Crippen molar-refractivity contribution in [1.82, 2.24) is 14.2 Å². The molecule has 0 saturated carbocycles. The second-order valence-corrected chi connectivity index (χ2v) is 8.28. The van der Waals surface area contributed by atoms with Crippen LogP contribution in [0.4, 0.5) is 0 Å². The van der Waals surface area contributed by atoms with Crippen molar-refractivity contribution >= 4 is 15.9 Å². The maximum Gasteiger partial charge on any atom is 0.237 e. The molecule has 2 aromatic rings. The quantitative estimate of drug-likeness (QED) is 0.648. The number of rotatable bonds is 9. The summed E-state index contributed by atoms with van der Waals surface area (Å²) in [4.78, 5) is 18.0. The second-order valence-electron chi connectivity index (χ2n) is 6.30. The van der Waals surface area contributed by atoms with Crippen LogP contribution in [0, 0.1) is 0 Å². The van der Waals surface area contributed by atoms with Gasteiger partial charge in [-0.2, -0.15) is 4.31 Å². The van der Waals surface area contributed by atoms with Crippen LogP contribution in [0.15, 0.2) is 48.8 Å². The number of aromatic nitrogens is 1. The van der Waals surface area contributed by atoms with Crippen molar-refractivity contribution in [2.45, 2.75) is 13.0 Å². The second kappa shape index (κ2) is 9.48. The first kappa shape index (κ1) is 20.9. The molecule has 146 valence electrons. The Bertz CT molecular complexity index is 839. The Morgan fingerprint density at radius 1 is 1.07 bits per heavy atom. The van der Waals surface area contributed by atoms with Crippen molar-refractivity contribution in [3.8, 4) is 5.75 Å². The van der Waals surface area contributed by atoms with Gasteiger partial charge in [0, 0.05) is 32.5 Å². The minimum absolute atomic E-state index is 0.132. The number of hydrogen-bond acceptors (Lipinski definition) is 5. The van der Waals surface area contributed by atoms with E-state index in [0.717, 1.165) is 17.4 Å². The largest absolute Gasteiger partial charge is 0.497 e. The average molecular weight is 391 g/mol. The fourth-order valence-corrected chi connectivity index (χ4v) is 3.20. The maximum atomic E-state index is 12.5. The lowest BCUT2D eigenvalue weighted by atomic mass is 10.2.